The van der Waals surface area contributed by atoms with E-state index in [1.54, 1.807) is 12.1 Å². The molecule has 0 saturated heterocycles. The van der Waals surface area contributed by atoms with E-state index >= 15 is 0 Å². The monoisotopic (exact) mass is 271 g/mol. The van der Waals surface area contributed by atoms with Gasteiger partial charge in [0.25, 0.3) is 0 Å². The van der Waals surface area contributed by atoms with Gasteiger partial charge in [-0.25, -0.2) is 4.39 Å². The van der Waals surface area contributed by atoms with Crippen molar-refractivity contribution in [3.63, 3.8) is 0 Å². The summed E-state index contributed by atoms with van der Waals surface area (Å²) < 4.78 is 13.9. The quantitative estimate of drug-likeness (QED) is 0.882. The van der Waals surface area contributed by atoms with Gasteiger partial charge in [0.2, 0.25) is 0 Å². The van der Waals surface area contributed by atoms with E-state index in [0.717, 1.165) is 17.9 Å². The third-order valence-electron chi connectivity index (χ3n) is 2.96. The van der Waals surface area contributed by atoms with E-state index in [1.165, 1.54) is 12.8 Å². The molecule has 3 heteroatoms. The van der Waals surface area contributed by atoms with Gasteiger partial charge >= 0.3 is 0 Å². The van der Waals surface area contributed by atoms with Crippen molar-refractivity contribution >= 4 is 15.9 Å². The lowest BCUT2D eigenvalue weighted by Crippen LogP contribution is -2.17. The highest BCUT2D eigenvalue weighted by Crippen LogP contribution is 2.37. The number of benzene rings is 1. The molecule has 2 rings (SSSR count). The van der Waals surface area contributed by atoms with Crippen LogP contribution in [0.5, 0.6) is 0 Å². The first-order chi connectivity index (χ1) is 7.20. The molecule has 82 valence electrons. The normalized spacial score (nSPS) is 17.8. The summed E-state index contributed by atoms with van der Waals surface area (Å²) in [6.07, 6.45) is 3.78. The second-order valence-electron chi connectivity index (χ2n) is 4.19. The Morgan fingerprint density at radius 2 is 2.27 bits per heavy atom. The van der Waals surface area contributed by atoms with Gasteiger partial charge in [0, 0.05) is 6.04 Å². The zero-order valence-corrected chi connectivity index (χ0v) is 10.3. The van der Waals surface area contributed by atoms with Crippen LogP contribution in [0.1, 0.15) is 30.9 Å². The van der Waals surface area contributed by atoms with Gasteiger partial charge in [0.1, 0.15) is 5.82 Å². The van der Waals surface area contributed by atoms with E-state index in [4.69, 9.17) is 0 Å². The van der Waals surface area contributed by atoms with E-state index in [0.29, 0.717) is 10.5 Å². The smallest absolute Gasteiger partial charge is 0.137 e. The van der Waals surface area contributed by atoms with Crippen molar-refractivity contribution in [2.45, 2.75) is 25.3 Å². The van der Waals surface area contributed by atoms with Crippen LogP contribution in [-0.2, 0) is 0 Å². The maximum atomic E-state index is 13.4. The molecule has 0 heterocycles. The molecule has 1 saturated carbocycles. The highest BCUT2D eigenvalue weighted by Gasteiger charge is 2.25. The average Bonchev–Trinajstić information content (AvgIpc) is 3.02. The number of rotatable bonds is 4. The first-order valence-electron chi connectivity index (χ1n) is 5.33. The van der Waals surface area contributed by atoms with Gasteiger partial charge < -0.3 is 5.32 Å². The average molecular weight is 272 g/mol. The minimum Gasteiger partial charge on any atom is -0.313 e. The topological polar surface area (TPSA) is 12.0 Å². The SMILES string of the molecule is CNC(CC1CC1)c1ccc(Br)c(F)c1. The molecule has 1 aliphatic carbocycles. The molecule has 0 spiro atoms. The van der Waals surface area contributed by atoms with Crippen LogP contribution in [0, 0.1) is 11.7 Å². The predicted molar refractivity (Wildman–Crippen MR) is 63.2 cm³/mol. The van der Waals surface area contributed by atoms with Gasteiger partial charge in [-0.05, 0) is 53.0 Å². The third-order valence-corrected chi connectivity index (χ3v) is 3.60. The van der Waals surface area contributed by atoms with Gasteiger partial charge in [0.15, 0.2) is 0 Å². The summed E-state index contributed by atoms with van der Waals surface area (Å²) in [7, 11) is 1.94. The maximum Gasteiger partial charge on any atom is 0.137 e. The fourth-order valence-corrected chi connectivity index (χ4v) is 2.08. The Labute approximate surface area is 98.2 Å². The molecule has 0 aliphatic heterocycles. The predicted octanol–water partition coefficient (Wildman–Crippen LogP) is 3.65. The number of halogens is 2. The van der Waals surface area contributed by atoms with Gasteiger partial charge in [-0.2, -0.15) is 0 Å². The van der Waals surface area contributed by atoms with Crippen molar-refractivity contribution in [2.75, 3.05) is 7.05 Å². The molecule has 15 heavy (non-hydrogen) atoms. The van der Waals surface area contributed by atoms with Crippen molar-refractivity contribution in [3.05, 3.63) is 34.1 Å². The summed E-state index contributed by atoms with van der Waals surface area (Å²) in [5.41, 5.74) is 1.05. The fraction of sp³-hybridized carbons (Fsp3) is 0.500. The molecule has 1 aliphatic rings. The van der Waals surface area contributed by atoms with Crippen LogP contribution in [0.15, 0.2) is 22.7 Å². The van der Waals surface area contributed by atoms with Crippen molar-refractivity contribution in [3.8, 4) is 0 Å². The molecule has 0 bridgehead atoms. The summed E-state index contributed by atoms with van der Waals surface area (Å²) in [5.74, 6) is 0.665. The highest BCUT2D eigenvalue weighted by molar-refractivity contribution is 9.10. The van der Waals surface area contributed by atoms with Crippen LogP contribution >= 0.6 is 15.9 Å². The van der Waals surface area contributed by atoms with Crippen LogP contribution < -0.4 is 5.32 Å². The van der Waals surface area contributed by atoms with Crippen LogP contribution in [-0.4, -0.2) is 7.05 Å². The number of nitrogens with one attached hydrogen (secondary N) is 1. The lowest BCUT2D eigenvalue weighted by atomic mass is 10.0. The molecule has 0 amide bonds. The number of hydrogen-bond acceptors (Lipinski definition) is 1. The Morgan fingerprint density at radius 3 is 2.80 bits per heavy atom. The highest BCUT2D eigenvalue weighted by atomic mass is 79.9. The largest absolute Gasteiger partial charge is 0.313 e. The lowest BCUT2D eigenvalue weighted by molar-refractivity contribution is 0.509. The molecule has 1 aromatic rings. The maximum absolute atomic E-state index is 13.4. The summed E-state index contributed by atoms with van der Waals surface area (Å²) in [6.45, 7) is 0. The standard InChI is InChI=1S/C12H15BrFN/c1-15-12(6-8-2-3-8)9-4-5-10(13)11(14)7-9/h4-5,7-8,12,15H,2-3,6H2,1H3. The Hall–Kier alpha value is -0.410. The molecule has 0 radical (unpaired) electrons. The van der Waals surface area contributed by atoms with Crippen molar-refractivity contribution < 1.29 is 4.39 Å². The Bertz CT molecular complexity index is 349. The molecule has 1 fully saturated rings. The second kappa shape index (κ2) is 4.62. The minimum atomic E-state index is -0.177. The van der Waals surface area contributed by atoms with E-state index in [2.05, 4.69) is 21.2 Å². The summed E-state index contributed by atoms with van der Waals surface area (Å²) in [6, 6.07) is 5.67. The molecule has 1 aromatic carbocycles. The Morgan fingerprint density at radius 1 is 1.53 bits per heavy atom. The number of hydrogen-bond donors (Lipinski definition) is 1. The Kier molecular flexibility index (Phi) is 3.42. The lowest BCUT2D eigenvalue weighted by Gasteiger charge is -2.16. The molecule has 0 aromatic heterocycles. The molecule has 1 atom stereocenters. The van der Waals surface area contributed by atoms with Crippen molar-refractivity contribution in [1.29, 1.82) is 0 Å². The van der Waals surface area contributed by atoms with E-state index in [9.17, 15) is 4.39 Å². The zero-order valence-electron chi connectivity index (χ0n) is 8.76. The van der Waals surface area contributed by atoms with Gasteiger partial charge in [0.05, 0.1) is 4.47 Å². The fourth-order valence-electron chi connectivity index (χ4n) is 1.84. The molecule has 1 nitrogen and oxygen atoms in total. The van der Waals surface area contributed by atoms with Crippen LogP contribution in [0.4, 0.5) is 4.39 Å². The van der Waals surface area contributed by atoms with Gasteiger partial charge in [-0.15, -0.1) is 0 Å². The molecule has 1 unspecified atom stereocenters. The molecular weight excluding hydrogens is 257 g/mol. The van der Waals surface area contributed by atoms with Crippen LogP contribution in [0.25, 0.3) is 0 Å². The Balaban J connectivity index is 2.13. The molecule has 1 N–H and O–H groups in total. The van der Waals surface area contributed by atoms with E-state index in [-0.39, 0.29) is 5.82 Å². The van der Waals surface area contributed by atoms with Crippen molar-refractivity contribution in [1.82, 2.24) is 5.32 Å². The first-order valence-corrected chi connectivity index (χ1v) is 6.12. The van der Waals surface area contributed by atoms with Crippen LogP contribution in [0.3, 0.4) is 0 Å². The molecular formula is C12H15BrFN. The summed E-state index contributed by atoms with van der Waals surface area (Å²) in [4.78, 5) is 0. The zero-order chi connectivity index (χ0) is 10.8. The van der Waals surface area contributed by atoms with Crippen LogP contribution in [0.2, 0.25) is 0 Å². The van der Waals surface area contributed by atoms with E-state index in [1.807, 2.05) is 13.1 Å². The summed E-state index contributed by atoms with van der Waals surface area (Å²) >= 11 is 3.17. The van der Waals surface area contributed by atoms with Gasteiger partial charge in [-0.3, -0.25) is 0 Å². The van der Waals surface area contributed by atoms with Gasteiger partial charge in [-0.1, -0.05) is 18.9 Å². The minimum absolute atomic E-state index is 0.177. The third kappa shape index (κ3) is 2.79. The van der Waals surface area contributed by atoms with E-state index < -0.39 is 0 Å². The summed E-state index contributed by atoms with van der Waals surface area (Å²) in [5, 5.41) is 3.25. The first kappa shape index (κ1) is 11.1. The van der Waals surface area contributed by atoms with Crippen molar-refractivity contribution in [2.24, 2.45) is 5.92 Å². The second-order valence-corrected chi connectivity index (χ2v) is 5.05.